The average molecular weight is 539 g/mol. The predicted molar refractivity (Wildman–Crippen MR) is 155 cm³/mol. The Hall–Kier alpha value is -3.32. The van der Waals surface area contributed by atoms with Crippen molar-refractivity contribution in [2.45, 2.75) is 63.9 Å². The summed E-state index contributed by atoms with van der Waals surface area (Å²) >= 11 is 0. The van der Waals surface area contributed by atoms with Crippen LogP contribution >= 0.6 is 0 Å². The number of hydrogen-bond acceptors (Lipinski definition) is 5. The van der Waals surface area contributed by atoms with Crippen LogP contribution in [0.2, 0.25) is 0 Å². The van der Waals surface area contributed by atoms with Crippen LogP contribution in [0, 0.1) is 5.92 Å². The summed E-state index contributed by atoms with van der Waals surface area (Å²) in [7, 11) is 0. The third kappa shape index (κ3) is 8.34. The number of ether oxygens (including phenoxy) is 4. The summed E-state index contributed by atoms with van der Waals surface area (Å²) in [6.45, 7) is 1.76. The zero-order chi connectivity index (χ0) is 27.4. The van der Waals surface area contributed by atoms with Crippen molar-refractivity contribution in [1.82, 2.24) is 0 Å². The molecule has 5 nitrogen and oxygen atoms in total. The van der Waals surface area contributed by atoms with Crippen LogP contribution in [0.25, 0.3) is 0 Å². The molecule has 0 unspecified atom stereocenters. The monoisotopic (exact) mass is 538 g/mol. The summed E-state index contributed by atoms with van der Waals surface area (Å²) in [6.07, 6.45) is -0.523. The molecule has 1 N–H and O–H groups in total. The fraction of sp³-hybridized carbons (Fsp3) is 0.314. The lowest BCUT2D eigenvalue weighted by Crippen LogP contribution is -2.37. The lowest BCUT2D eigenvalue weighted by Gasteiger charge is -2.28. The average Bonchev–Trinajstić information content (AvgIpc) is 3.34. The van der Waals surface area contributed by atoms with Crippen LogP contribution in [0.15, 0.2) is 121 Å². The molecular formula is C35H38O5. The van der Waals surface area contributed by atoms with Gasteiger partial charge >= 0.3 is 0 Å². The van der Waals surface area contributed by atoms with Crippen molar-refractivity contribution < 1.29 is 24.1 Å². The van der Waals surface area contributed by atoms with E-state index in [1.165, 1.54) is 0 Å². The highest BCUT2D eigenvalue weighted by molar-refractivity contribution is 5.16. The molecule has 0 aliphatic heterocycles. The molecular weight excluding hydrogens is 500 g/mol. The van der Waals surface area contributed by atoms with Crippen LogP contribution in [0.5, 0.6) is 0 Å². The molecule has 4 aromatic rings. The lowest BCUT2D eigenvalue weighted by molar-refractivity contribution is -0.145. The highest BCUT2D eigenvalue weighted by atomic mass is 16.6. The molecule has 0 bridgehead atoms. The van der Waals surface area contributed by atoms with Crippen molar-refractivity contribution in [2.24, 2.45) is 5.92 Å². The molecule has 0 saturated heterocycles. The largest absolute Gasteiger partial charge is 0.371 e. The van der Waals surface area contributed by atoms with Crippen LogP contribution in [0.3, 0.4) is 0 Å². The maximum Gasteiger partial charge on any atom is 0.155 e. The molecule has 40 heavy (non-hydrogen) atoms. The molecule has 0 aromatic heterocycles. The molecule has 0 spiro atoms. The maximum atomic E-state index is 10.9. The summed E-state index contributed by atoms with van der Waals surface area (Å²) in [5, 5.41) is 10.9. The van der Waals surface area contributed by atoms with Crippen LogP contribution in [0.4, 0.5) is 0 Å². The minimum absolute atomic E-state index is 0.00367. The molecule has 1 fully saturated rings. The summed E-state index contributed by atoms with van der Waals surface area (Å²) in [6, 6.07) is 40.4. The SMILES string of the molecule is O[C@H](C[C@@H]1C[C@@H](OCc2ccccc2)[C@H](OCc2ccccc2)[C@H]1OCc1ccccc1)OCc1ccccc1. The second kappa shape index (κ2) is 14.9. The number of hydrogen-bond donors (Lipinski definition) is 1. The van der Waals surface area contributed by atoms with Crippen LogP contribution in [0.1, 0.15) is 35.1 Å². The van der Waals surface area contributed by atoms with Crippen molar-refractivity contribution in [3.63, 3.8) is 0 Å². The van der Waals surface area contributed by atoms with Crippen molar-refractivity contribution >= 4 is 0 Å². The lowest BCUT2D eigenvalue weighted by atomic mass is 10.0. The zero-order valence-corrected chi connectivity index (χ0v) is 22.8. The molecule has 208 valence electrons. The molecule has 0 amide bonds. The van der Waals surface area contributed by atoms with E-state index in [1.54, 1.807) is 0 Å². The first-order valence-corrected chi connectivity index (χ1v) is 14.0. The van der Waals surface area contributed by atoms with E-state index in [0.29, 0.717) is 39.3 Å². The first-order chi connectivity index (χ1) is 19.7. The normalized spacial score (nSPS) is 21.3. The number of benzene rings is 4. The molecule has 5 rings (SSSR count). The summed E-state index contributed by atoms with van der Waals surface area (Å²) in [4.78, 5) is 0. The first-order valence-electron chi connectivity index (χ1n) is 14.0. The van der Waals surface area contributed by atoms with Gasteiger partial charge in [0.2, 0.25) is 0 Å². The van der Waals surface area contributed by atoms with E-state index in [4.69, 9.17) is 18.9 Å². The van der Waals surface area contributed by atoms with Gasteiger partial charge in [-0.05, 0) is 34.6 Å². The number of aliphatic hydroxyl groups excluding tert-OH is 1. The van der Waals surface area contributed by atoms with Crippen LogP contribution in [-0.2, 0) is 45.4 Å². The topological polar surface area (TPSA) is 57.2 Å². The second-order valence-electron chi connectivity index (χ2n) is 10.3. The van der Waals surface area contributed by atoms with E-state index in [0.717, 1.165) is 22.3 Å². The molecule has 5 heteroatoms. The Kier molecular flexibility index (Phi) is 10.5. The van der Waals surface area contributed by atoms with Gasteiger partial charge in [0.15, 0.2) is 6.29 Å². The van der Waals surface area contributed by atoms with E-state index < -0.39 is 6.29 Å². The van der Waals surface area contributed by atoms with Gasteiger partial charge in [-0.1, -0.05) is 121 Å². The zero-order valence-electron chi connectivity index (χ0n) is 22.8. The highest BCUT2D eigenvalue weighted by Gasteiger charge is 2.46. The minimum atomic E-state index is -0.921. The number of aliphatic hydroxyl groups is 1. The van der Waals surface area contributed by atoms with Gasteiger partial charge in [-0.2, -0.15) is 0 Å². The third-order valence-electron chi connectivity index (χ3n) is 7.36. The van der Waals surface area contributed by atoms with Gasteiger partial charge in [0.1, 0.15) is 6.10 Å². The molecule has 1 saturated carbocycles. The fourth-order valence-corrected chi connectivity index (χ4v) is 5.28. The predicted octanol–water partition coefficient (Wildman–Crippen LogP) is 6.69. The molecule has 5 atom stereocenters. The first kappa shape index (κ1) is 28.2. The quantitative estimate of drug-likeness (QED) is 0.181. The smallest absolute Gasteiger partial charge is 0.155 e. The van der Waals surface area contributed by atoms with Crippen molar-refractivity contribution in [2.75, 3.05) is 0 Å². The van der Waals surface area contributed by atoms with Gasteiger partial charge in [0, 0.05) is 6.42 Å². The van der Waals surface area contributed by atoms with Gasteiger partial charge in [0.05, 0.1) is 38.6 Å². The Morgan fingerprint density at radius 1 is 0.525 bits per heavy atom. The van der Waals surface area contributed by atoms with E-state index >= 15 is 0 Å². The Morgan fingerprint density at radius 3 is 1.40 bits per heavy atom. The van der Waals surface area contributed by atoms with E-state index in [-0.39, 0.29) is 24.2 Å². The van der Waals surface area contributed by atoms with Gasteiger partial charge in [-0.3, -0.25) is 0 Å². The Bertz CT molecular complexity index is 1240. The van der Waals surface area contributed by atoms with E-state index in [1.807, 2.05) is 84.9 Å². The van der Waals surface area contributed by atoms with Crippen molar-refractivity contribution in [3.8, 4) is 0 Å². The molecule has 4 aromatic carbocycles. The molecule has 1 aliphatic rings. The third-order valence-corrected chi connectivity index (χ3v) is 7.36. The number of rotatable bonds is 14. The summed E-state index contributed by atoms with van der Waals surface area (Å²) < 4.78 is 25.5. The Morgan fingerprint density at radius 2 is 0.925 bits per heavy atom. The molecule has 0 radical (unpaired) electrons. The van der Waals surface area contributed by atoms with Gasteiger partial charge in [0.25, 0.3) is 0 Å². The van der Waals surface area contributed by atoms with E-state index in [9.17, 15) is 5.11 Å². The van der Waals surface area contributed by atoms with Crippen molar-refractivity contribution in [3.05, 3.63) is 144 Å². The fourth-order valence-electron chi connectivity index (χ4n) is 5.28. The molecule has 1 aliphatic carbocycles. The Labute approximate surface area is 237 Å². The standard InChI is InChI=1S/C35H38O5/c36-33(38-24-28-15-7-2-8-16-28)22-31-21-32(37-23-27-13-5-1-6-14-27)35(40-26-30-19-11-4-12-20-30)34(31)39-25-29-17-9-3-10-18-29/h1-20,31-36H,21-26H2/t31-,32+,33-,34-,35-/m0/s1. The Balaban J connectivity index is 1.31. The highest BCUT2D eigenvalue weighted by Crippen LogP contribution is 2.38. The maximum absolute atomic E-state index is 10.9. The molecule has 0 heterocycles. The second-order valence-corrected chi connectivity index (χ2v) is 10.3. The minimum Gasteiger partial charge on any atom is -0.371 e. The summed E-state index contributed by atoms with van der Waals surface area (Å²) in [5.41, 5.74) is 4.33. The van der Waals surface area contributed by atoms with Gasteiger partial charge in [-0.25, -0.2) is 0 Å². The van der Waals surface area contributed by atoms with Crippen LogP contribution < -0.4 is 0 Å². The van der Waals surface area contributed by atoms with Gasteiger partial charge in [-0.15, -0.1) is 0 Å². The van der Waals surface area contributed by atoms with Gasteiger partial charge < -0.3 is 24.1 Å². The van der Waals surface area contributed by atoms with Crippen molar-refractivity contribution in [1.29, 1.82) is 0 Å². The van der Waals surface area contributed by atoms with Crippen LogP contribution in [-0.4, -0.2) is 29.7 Å². The summed E-state index contributed by atoms with van der Waals surface area (Å²) in [5.74, 6) is -0.00367. The van der Waals surface area contributed by atoms with E-state index in [2.05, 4.69) is 36.4 Å².